The fraction of sp³-hybridized carbons (Fsp3) is 0.300. The molecule has 0 saturated carbocycles. The van der Waals surface area contributed by atoms with Crippen molar-refractivity contribution in [3.63, 3.8) is 0 Å². The number of rotatable bonds is 8. The Morgan fingerprint density at radius 3 is 1.17 bits per heavy atom. The number of halogens is 2. The van der Waals surface area contributed by atoms with Crippen molar-refractivity contribution in [1.82, 2.24) is 10.6 Å². The lowest BCUT2D eigenvalue weighted by Crippen LogP contribution is -2.35. The summed E-state index contributed by atoms with van der Waals surface area (Å²) in [5.74, 6) is -1.38. The number of phenolic OH excluding ortho intramolecular Hbond substituents is 2. The highest BCUT2D eigenvalue weighted by Crippen LogP contribution is 2.12. The van der Waals surface area contributed by atoms with Crippen LogP contribution in [-0.2, 0) is 22.4 Å². The Hall–Kier alpha value is -2.52. The van der Waals surface area contributed by atoms with Crippen molar-refractivity contribution >= 4 is 36.8 Å². The number of hydrogen-bond donors (Lipinski definition) is 6. The molecule has 30 heavy (non-hydrogen) atoms. The maximum Gasteiger partial charge on any atom is 0.321 e. The fourth-order valence-corrected chi connectivity index (χ4v) is 2.36. The van der Waals surface area contributed by atoms with E-state index in [1.54, 1.807) is 62.6 Å². The number of likely N-dealkylation sites (N-methyl/N-ethyl adjacent to an activating group) is 2. The van der Waals surface area contributed by atoms with Gasteiger partial charge < -0.3 is 31.1 Å². The second-order valence-electron chi connectivity index (χ2n) is 6.10. The predicted molar refractivity (Wildman–Crippen MR) is 119 cm³/mol. The van der Waals surface area contributed by atoms with Gasteiger partial charge in [-0.15, -0.1) is 24.8 Å². The van der Waals surface area contributed by atoms with Crippen molar-refractivity contribution in [2.24, 2.45) is 0 Å². The van der Waals surface area contributed by atoms with Crippen LogP contribution in [0.15, 0.2) is 48.5 Å². The first-order valence-electron chi connectivity index (χ1n) is 8.62. The zero-order valence-electron chi connectivity index (χ0n) is 16.6. The van der Waals surface area contributed by atoms with Crippen LogP contribution < -0.4 is 10.6 Å². The molecule has 0 saturated heterocycles. The van der Waals surface area contributed by atoms with Crippen LogP contribution in [0.4, 0.5) is 0 Å². The molecule has 0 spiro atoms. The summed E-state index contributed by atoms with van der Waals surface area (Å²) in [5.41, 5.74) is 1.76. The summed E-state index contributed by atoms with van der Waals surface area (Å²) < 4.78 is 0. The van der Waals surface area contributed by atoms with Gasteiger partial charge in [-0.05, 0) is 62.3 Å². The maximum atomic E-state index is 10.7. The van der Waals surface area contributed by atoms with Crippen LogP contribution in [0.2, 0.25) is 0 Å². The van der Waals surface area contributed by atoms with Gasteiger partial charge in [0.05, 0.1) is 0 Å². The Morgan fingerprint density at radius 2 is 0.967 bits per heavy atom. The van der Waals surface area contributed by atoms with Gasteiger partial charge in [0.2, 0.25) is 0 Å². The summed E-state index contributed by atoms with van der Waals surface area (Å²) >= 11 is 0. The molecule has 0 amide bonds. The second kappa shape index (κ2) is 15.3. The minimum atomic E-state index is -0.874. The van der Waals surface area contributed by atoms with Gasteiger partial charge in [0.15, 0.2) is 0 Å². The average molecular weight is 463 g/mol. The second-order valence-corrected chi connectivity index (χ2v) is 6.10. The predicted octanol–water partition coefficient (Wildman–Crippen LogP) is 2.06. The number of benzene rings is 2. The molecule has 6 N–H and O–H groups in total. The van der Waals surface area contributed by atoms with Gasteiger partial charge in [-0.1, -0.05) is 24.3 Å². The Kier molecular flexibility index (Phi) is 15.2. The van der Waals surface area contributed by atoms with Crippen LogP contribution in [0, 0.1) is 0 Å². The Morgan fingerprint density at radius 1 is 0.700 bits per heavy atom. The normalized spacial score (nSPS) is 11.5. The van der Waals surface area contributed by atoms with Gasteiger partial charge in [0, 0.05) is 0 Å². The molecular formula is C20H28Cl2N2O6. The molecule has 2 aromatic rings. The van der Waals surface area contributed by atoms with Gasteiger partial charge in [-0.2, -0.15) is 0 Å². The summed E-state index contributed by atoms with van der Waals surface area (Å²) in [6, 6.07) is 11.9. The SMILES string of the molecule is CN[C@H](Cc1ccc(O)cc1)C(=O)O.CN[C@H](Cc1ccc(O)cc1)C(=O)O.Cl.Cl. The van der Waals surface area contributed by atoms with E-state index in [-0.39, 0.29) is 36.3 Å². The van der Waals surface area contributed by atoms with Crippen molar-refractivity contribution in [2.45, 2.75) is 24.9 Å². The Balaban J connectivity index is 0. The van der Waals surface area contributed by atoms with E-state index in [1.807, 2.05) is 0 Å². The lowest BCUT2D eigenvalue weighted by atomic mass is 10.1. The first kappa shape index (κ1) is 29.7. The highest BCUT2D eigenvalue weighted by Gasteiger charge is 2.15. The lowest BCUT2D eigenvalue weighted by molar-refractivity contribution is -0.140. The molecule has 2 aromatic carbocycles. The third kappa shape index (κ3) is 10.9. The lowest BCUT2D eigenvalue weighted by Gasteiger charge is -2.10. The molecule has 2 rings (SSSR count). The number of phenols is 2. The van der Waals surface area contributed by atoms with E-state index in [9.17, 15) is 9.59 Å². The van der Waals surface area contributed by atoms with Crippen molar-refractivity contribution in [3.8, 4) is 11.5 Å². The van der Waals surface area contributed by atoms with Crippen LogP contribution in [0.1, 0.15) is 11.1 Å². The van der Waals surface area contributed by atoms with E-state index in [0.29, 0.717) is 12.8 Å². The van der Waals surface area contributed by atoms with Crippen molar-refractivity contribution in [1.29, 1.82) is 0 Å². The van der Waals surface area contributed by atoms with Gasteiger partial charge in [0.1, 0.15) is 23.6 Å². The first-order valence-corrected chi connectivity index (χ1v) is 8.62. The van der Waals surface area contributed by atoms with E-state index < -0.39 is 24.0 Å². The van der Waals surface area contributed by atoms with Crippen molar-refractivity contribution in [2.75, 3.05) is 14.1 Å². The number of carboxylic acid groups (broad SMARTS) is 2. The highest BCUT2D eigenvalue weighted by atomic mass is 35.5. The molecular weight excluding hydrogens is 435 g/mol. The van der Waals surface area contributed by atoms with Gasteiger partial charge in [-0.25, -0.2) is 0 Å². The highest BCUT2D eigenvalue weighted by molar-refractivity contribution is 5.85. The molecule has 8 nitrogen and oxygen atoms in total. The Bertz CT molecular complexity index is 691. The van der Waals surface area contributed by atoms with Gasteiger partial charge in [0.25, 0.3) is 0 Å². The summed E-state index contributed by atoms with van der Waals surface area (Å²) in [4.78, 5) is 21.4. The monoisotopic (exact) mass is 462 g/mol. The van der Waals surface area contributed by atoms with Crippen LogP contribution in [-0.4, -0.2) is 58.5 Å². The molecule has 0 unspecified atom stereocenters. The molecule has 0 heterocycles. The summed E-state index contributed by atoms with van der Waals surface area (Å²) in [6.07, 6.45) is 0.818. The van der Waals surface area contributed by atoms with Gasteiger partial charge >= 0.3 is 11.9 Å². The van der Waals surface area contributed by atoms with Crippen LogP contribution >= 0.6 is 24.8 Å². The number of aliphatic carboxylic acids is 2. The molecule has 168 valence electrons. The largest absolute Gasteiger partial charge is 0.508 e. The quantitative estimate of drug-likeness (QED) is 0.350. The number of aromatic hydroxyl groups is 2. The third-order valence-corrected chi connectivity index (χ3v) is 4.05. The van der Waals surface area contributed by atoms with Crippen LogP contribution in [0.25, 0.3) is 0 Å². The van der Waals surface area contributed by atoms with Crippen molar-refractivity contribution in [3.05, 3.63) is 59.7 Å². The van der Waals surface area contributed by atoms with E-state index in [2.05, 4.69) is 10.6 Å². The van der Waals surface area contributed by atoms with E-state index in [1.165, 1.54) is 0 Å². The van der Waals surface area contributed by atoms with Crippen LogP contribution in [0.5, 0.6) is 11.5 Å². The first-order chi connectivity index (χ1) is 13.3. The van der Waals surface area contributed by atoms with E-state index in [0.717, 1.165) is 11.1 Å². The molecule has 0 aliphatic carbocycles. The zero-order chi connectivity index (χ0) is 21.1. The van der Waals surface area contributed by atoms with Crippen LogP contribution in [0.3, 0.4) is 0 Å². The number of carboxylic acids is 2. The zero-order valence-corrected chi connectivity index (χ0v) is 18.2. The molecule has 0 radical (unpaired) electrons. The van der Waals surface area contributed by atoms with Gasteiger partial charge in [-0.3, -0.25) is 9.59 Å². The minimum Gasteiger partial charge on any atom is -0.508 e. The molecule has 10 heteroatoms. The topological polar surface area (TPSA) is 139 Å². The molecule has 0 fully saturated rings. The maximum absolute atomic E-state index is 10.7. The smallest absolute Gasteiger partial charge is 0.321 e. The molecule has 0 bridgehead atoms. The van der Waals surface area contributed by atoms with Crippen molar-refractivity contribution < 1.29 is 30.0 Å². The molecule has 2 atom stereocenters. The van der Waals surface area contributed by atoms with E-state index in [4.69, 9.17) is 20.4 Å². The summed E-state index contributed by atoms with van der Waals surface area (Å²) in [6.45, 7) is 0. The average Bonchev–Trinajstić information content (AvgIpc) is 2.67. The fourth-order valence-electron chi connectivity index (χ4n) is 2.36. The number of carbonyl (C=O) groups is 2. The van der Waals surface area contributed by atoms with E-state index >= 15 is 0 Å². The number of nitrogens with one attached hydrogen (secondary N) is 2. The summed E-state index contributed by atoms with van der Waals surface area (Å²) in [7, 11) is 3.22. The third-order valence-electron chi connectivity index (χ3n) is 4.05. The standard InChI is InChI=1S/2C10H13NO3.2ClH/c2*1-11-9(10(13)14)6-7-2-4-8(12)5-3-7;;/h2*2-5,9,11-12H,6H2,1H3,(H,13,14);2*1H/t2*9-;;/m11../s1. The summed E-state index contributed by atoms with van der Waals surface area (Å²) in [5, 5.41) is 41.0. The molecule has 0 aliphatic heterocycles. The molecule has 0 aromatic heterocycles. The Labute approximate surface area is 187 Å². The molecule has 0 aliphatic rings. The minimum absolute atomic E-state index is 0. The number of hydrogen-bond acceptors (Lipinski definition) is 6.